The Labute approximate surface area is 130 Å². The fourth-order valence-corrected chi connectivity index (χ4v) is 2.09. The van der Waals surface area contributed by atoms with Crippen LogP contribution in [0.5, 0.6) is 11.5 Å². The van der Waals surface area contributed by atoms with Gasteiger partial charge in [0.2, 0.25) is 0 Å². The largest absolute Gasteiger partial charge is 0.504 e. The lowest BCUT2D eigenvalue weighted by Crippen LogP contribution is -2.22. The first-order chi connectivity index (χ1) is 10.6. The molecule has 0 unspecified atom stereocenters. The van der Waals surface area contributed by atoms with E-state index in [9.17, 15) is 5.11 Å². The highest BCUT2D eigenvalue weighted by Crippen LogP contribution is 2.29. The molecule has 0 saturated heterocycles. The summed E-state index contributed by atoms with van der Waals surface area (Å²) in [7, 11) is 1.51. The number of rotatable bonds is 5. The number of hydrogen-bond acceptors (Lipinski definition) is 3. The van der Waals surface area contributed by atoms with Crippen molar-refractivity contribution in [3.05, 3.63) is 53.6 Å². The molecule has 0 atom stereocenters. The maximum Gasteiger partial charge on any atom is 0.193 e. The number of anilines is 1. The number of benzene rings is 2. The minimum absolute atomic E-state index is 0.0922. The zero-order valence-electron chi connectivity index (χ0n) is 12.8. The number of aryl methyl sites for hydroxylation is 1. The number of nitrogens with zero attached hydrogens (tertiary/aromatic N) is 1. The highest BCUT2D eigenvalue weighted by molar-refractivity contribution is 5.92. The van der Waals surface area contributed by atoms with Gasteiger partial charge in [0.05, 0.1) is 13.7 Å². The number of aliphatic imine (C=N–C) groups is 1. The lowest BCUT2D eigenvalue weighted by molar-refractivity contribution is 0.370. The quantitative estimate of drug-likeness (QED) is 0.586. The summed E-state index contributed by atoms with van der Waals surface area (Å²) in [5, 5.41) is 13.1. The molecule has 0 spiro atoms. The Balaban J connectivity index is 2.06. The van der Waals surface area contributed by atoms with Crippen molar-refractivity contribution in [1.82, 2.24) is 0 Å². The first-order valence-electron chi connectivity index (χ1n) is 7.14. The monoisotopic (exact) mass is 299 g/mol. The maximum atomic E-state index is 10.0. The van der Waals surface area contributed by atoms with Gasteiger partial charge in [0, 0.05) is 11.3 Å². The van der Waals surface area contributed by atoms with Crippen LogP contribution in [0.3, 0.4) is 0 Å². The van der Waals surface area contributed by atoms with Gasteiger partial charge in [0.25, 0.3) is 0 Å². The lowest BCUT2D eigenvalue weighted by atomic mass is 10.1. The van der Waals surface area contributed by atoms with Gasteiger partial charge in [0.1, 0.15) is 0 Å². The summed E-state index contributed by atoms with van der Waals surface area (Å²) in [5.74, 6) is 0.819. The van der Waals surface area contributed by atoms with Crippen molar-refractivity contribution in [2.45, 2.75) is 19.9 Å². The van der Waals surface area contributed by atoms with Gasteiger partial charge in [0.15, 0.2) is 17.5 Å². The fraction of sp³-hybridized carbons (Fsp3) is 0.235. The van der Waals surface area contributed by atoms with E-state index in [-0.39, 0.29) is 12.3 Å². The molecule has 116 valence electrons. The number of guanidine groups is 1. The third-order valence-electron chi connectivity index (χ3n) is 3.33. The number of methoxy groups -OCH3 is 1. The first kappa shape index (κ1) is 15.7. The SMILES string of the molecule is CCc1cccc(NC(N)=NCc2cccc(OC)c2O)c1. The van der Waals surface area contributed by atoms with Crippen LogP contribution in [0, 0.1) is 0 Å². The summed E-state index contributed by atoms with van der Waals surface area (Å²) < 4.78 is 5.07. The van der Waals surface area contributed by atoms with Crippen LogP contribution < -0.4 is 15.8 Å². The second-order valence-electron chi connectivity index (χ2n) is 4.85. The molecule has 0 aliphatic heterocycles. The van der Waals surface area contributed by atoms with E-state index >= 15 is 0 Å². The standard InChI is InChI=1S/C17H21N3O2/c1-3-12-6-4-8-14(10-12)20-17(18)19-11-13-7-5-9-15(22-2)16(13)21/h4-10,21H,3,11H2,1-2H3,(H3,18,19,20). The van der Waals surface area contributed by atoms with Crippen LogP contribution in [0.15, 0.2) is 47.5 Å². The van der Waals surface area contributed by atoms with E-state index in [0.29, 0.717) is 17.3 Å². The van der Waals surface area contributed by atoms with Crippen molar-refractivity contribution < 1.29 is 9.84 Å². The number of phenolic OH excluding ortho intramolecular Hbond substituents is 1. The Hall–Kier alpha value is -2.69. The van der Waals surface area contributed by atoms with Crippen LogP contribution in [0.1, 0.15) is 18.1 Å². The Kier molecular flexibility index (Phi) is 5.25. The van der Waals surface area contributed by atoms with Crippen LogP contribution in [0.25, 0.3) is 0 Å². The molecular formula is C17H21N3O2. The van der Waals surface area contributed by atoms with E-state index in [2.05, 4.69) is 23.3 Å². The molecule has 0 bridgehead atoms. The van der Waals surface area contributed by atoms with Gasteiger partial charge in [-0.15, -0.1) is 0 Å². The summed E-state index contributed by atoms with van der Waals surface area (Å²) in [5.41, 5.74) is 8.67. The molecular weight excluding hydrogens is 278 g/mol. The number of nitrogens with one attached hydrogen (secondary N) is 1. The molecule has 2 aromatic rings. The molecule has 22 heavy (non-hydrogen) atoms. The summed E-state index contributed by atoms with van der Waals surface area (Å²) in [6, 6.07) is 13.3. The van der Waals surface area contributed by atoms with Gasteiger partial charge < -0.3 is 20.9 Å². The molecule has 0 amide bonds. The van der Waals surface area contributed by atoms with Crippen molar-refractivity contribution in [1.29, 1.82) is 0 Å². The molecule has 0 saturated carbocycles. The molecule has 0 aliphatic carbocycles. The number of hydrogen-bond donors (Lipinski definition) is 3. The number of aromatic hydroxyl groups is 1. The fourth-order valence-electron chi connectivity index (χ4n) is 2.09. The molecule has 0 aromatic heterocycles. The van der Waals surface area contributed by atoms with Crippen LogP contribution in [0.2, 0.25) is 0 Å². The predicted octanol–water partition coefficient (Wildman–Crippen LogP) is 2.89. The third kappa shape index (κ3) is 3.91. The van der Waals surface area contributed by atoms with Crippen LogP contribution in [0.4, 0.5) is 5.69 Å². The summed E-state index contributed by atoms with van der Waals surface area (Å²) >= 11 is 0. The molecule has 0 heterocycles. The van der Waals surface area contributed by atoms with Crippen molar-refractivity contribution in [3.63, 3.8) is 0 Å². The third-order valence-corrected chi connectivity index (χ3v) is 3.33. The second-order valence-corrected chi connectivity index (χ2v) is 4.85. The van der Waals surface area contributed by atoms with Gasteiger partial charge in [-0.25, -0.2) is 4.99 Å². The van der Waals surface area contributed by atoms with Gasteiger partial charge in [-0.05, 0) is 30.2 Å². The van der Waals surface area contributed by atoms with E-state index < -0.39 is 0 Å². The van der Waals surface area contributed by atoms with E-state index in [0.717, 1.165) is 12.1 Å². The molecule has 4 N–H and O–H groups in total. The van der Waals surface area contributed by atoms with E-state index in [1.165, 1.54) is 12.7 Å². The van der Waals surface area contributed by atoms with Gasteiger partial charge in [-0.3, -0.25) is 0 Å². The molecule has 0 aliphatic rings. The van der Waals surface area contributed by atoms with Crippen molar-refractivity contribution in [3.8, 4) is 11.5 Å². The second kappa shape index (κ2) is 7.36. The maximum absolute atomic E-state index is 10.0. The number of para-hydroxylation sites is 1. The first-order valence-corrected chi connectivity index (χ1v) is 7.14. The molecule has 0 radical (unpaired) electrons. The summed E-state index contributed by atoms with van der Waals surface area (Å²) in [6.07, 6.45) is 0.963. The summed E-state index contributed by atoms with van der Waals surface area (Å²) in [6.45, 7) is 2.37. The minimum Gasteiger partial charge on any atom is -0.504 e. The smallest absolute Gasteiger partial charge is 0.193 e. The number of phenols is 1. The lowest BCUT2D eigenvalue weighted by Gasteiger charge is -2.09. The molecule has 0 fully saturated rings. The Morgan fingerprint density at radius 2 is 2.05 bits per heavy atom. The average Bonchev–Trinajstić information content (AvgIpc) is 2.54. The van der Waals surface area contributed by atoms with E-state index in [1.807, 2.05) is 18.2 Å². The van der Waals surface area contributed by atoms with Crippen LogP contribution in [-0.2, 0) is 13.0 Å². The van der Waals surface area contributed by atoms with Gasteiger partial charge in [-0.2, -0.15) is 0 Å². The number of nitrogens with two attached hydrogens (primary N) is 1. The van der Waals surface area contributed by atoms with Crippen LogP contribution in [-0.4, -0.2) is 18.2 Å². The zero-order valence-corrected chi connectivity index (χ0v) is 12.8. The Bertz CT molecular complexity index is 669. The molecule has 2 rings (SSSR count). The van der Waals surface area contributed by atoms with Crippen molar-refractivity contribution >= 4 is 11.6 Å². The zero-order chi connectivity index (χ0) is 15.9. The van der Waals surface area contributed by atoms with Gasteiger partial charge in [-0.1, -0.05) is 31.2 Å². The minimum atomic E-state index is 0.0922. The molecule has 5 nitrogen and oxygen atoms in total. The number of ether oxygens (including phenoxy) is 1. The molecule has 2 aromatic carbocycles. The van der Waals surface area contributed by atoms with Crippen molar-refractivity contribution in [2.75, 3.05) is 12.4 Å². The highest BCUT2D eigenvalue weighted by atomic mass is 16.5. The summed E-state index contributed by atoms with van der Waals surface area (Å²) in [4.78, 5) is 4.25. The average molecular weight is 299 g/mol. The predicted molar refractivity (Wildman–Crippen MR) is 89.4 cm³/mol. The highest BCUT2D eigenvalue weighted by Gasteiger charge is 2.06. The van der Waals surface area contributed by atoms with Crippen molar-refractivity contribution in [2.24, 2.45) is 10.7 Å². The van der Waals surface area contributed by atoms with E-state index in [1.54, 1.807) is 18.2 Å². The van der Waals surface area contributed by atoms with Crippen LogP contribution >= 0.6 is 0 Å². The Morgan fingerprint density at radius 1 is 1.27 bits per heavy atom. The van der Waals surface area contributed by atoms with E-state index in [4.69, 9.17) is 10.5 Å². The van der Waals surface area contributed by atoms with Gasteiger partial charge >= 0.3 is 0 Å². The topological polar surface area (TPSA) is 79.9 Å². The molecule has 5 heteroatoms. The Morgan fingerprint density at radius 3 is 2.77 bits per heavy atom. The normalized spacial score (nSPS) is 11.3.